The molecule has 8 heteroatoms. The maximum Gasteiger partial charge on any atom is 0.307 e. The first-order chi connectivity index (χ1) is 11.6. The Hall–Kier alpha value is -2.35. The Morgan fingerprint density at radius 3 is 2.40 bits per heavy atom. The second-order valence-electron chi connectivity index (χ2n) is 6.06. The van der Waals surface area contributed by atoms with Gasteiger partial charge in [0.2, 0.25) is 0 Å². The molecule has 1 heterocycles. The van der Waals surface area contributed by atoms with Crippen LogP contribution in [-0.4, -0.2) is 35.8 Å². The molecule has 0 aliphatic rings. The molecule has 0 spiro atoms. The van der Waals surface area contributed by atoms with Gasteiger partial charge in [-0.3, -0.25) is 13.8 Å². The standard InChI is InChI=1S/C17H23N3O4S/c1-6-20(14-9-18-19(5)10-14)25(23,24)17-12(3)7-11(2)15(13(17)4)8-16(21)22/h7,9-10H,6,8H2,1-5H3,(H,21,22). The van der Waals surface area contributed by atoms with Crippen LogP contribution in [0.3, 0.4) is 0 Å². The van der Waals surface area contributed by atoms with Crippen molar-refractivity contribution in [3.8, 4) is 0 Å². The van der Waals surface area contributed by atoms with E-state index in [0.717, 1.165) is 5.56 Å². The lowest BCUT2D eigenvalue weighted by Crippen LogP contribution is -2.32. The van der Waals surface area contributed by atoms with Gasteiger partial charge in [-0.05, 0) is 49.9 Å². The van der Waals surface area contributed by atoms with Crippen LogP contribution in [0.1, 0.15) is 29.2 Å². The quantitative estimate of drug-likeness (QED) is 0.847. The first-order valence-corrected chi connectivity index (χ1v) is 9.36. The highest BCUT2D eigenvalue weighted by Crippen LogP contribution is 2.31. The third-order valence-electron chi connectivity index (χ3n) is 4.20. The topological polar surface area (TPSA) is 92.5 Å². The highest BCUT2D eigenvalue weighted by molar-refractivity contribution is 7.93. The molecule has 0 bridgehead atoms. The van der Waals surface area contributed by atoms with Crippen molar-refractivity contribution in [1.29, 1.82) is 0 Å². The van der Waals surface area contributed by atoms with Crippen molar-refractivity contribution in [2.45, 2.75) is 39.0 Å². The zero-order valence-electron chi connectivity index (χ0n) is 15.1. The smallest absolute Gasteiger partial charge is 0.307 e. The summed E-state index contributed by atoms with van der Waals surface area (Å²) >= 11 is 0. The van der Waals surface area contributed by atoms with Gasteiger partial charge in [-0.2, -0.15) is 5.10 Å². The molecule has 7 nitrogen and oxygen atoms in total. The predicted molar refractivity (Wildman–Crippen MR) is 95.4 cm³/mol. The summed E-state index contributed by atoms with van der Waals surface area (Å²) in [6.45, 7) is 7.20. The van der Waals surface area contributed by atoms with Crippen LogP contribution < -0.4 is 4.31 Å². The predicted octanol–water partition coefficient (Wildman–Crippen LogP) is 2.19. The van der Waals surface area contributed by atoms with Crippen molar-refractivity contribution in [2.75, 3.05) is 10.8 Å². The molecule has 1 aromatic carbocycles. The van der Waals surface area contributed by atoms with Gasteiger partial charge in [0.25, 0.3) is 10.0 Å². The van der Waals surface area contributed by atoms with Gasteiger partial charge in [-0.25, -0.2) is 8.42 Å². The highest BCUT2D eigenvalue weighted by Gasteiger charge is 2.29. The number of benzene rings is 1. The molecule has 136 valence electrons. The number of nitrogens with zero attached hydrogens (tertiary/aromatic N) is 3. The van der Waals surface area contributed by atoms with E-state index < -0.39 is 16.0 Å². The molecule has 0 atom stereocenters. The zero-order valence-corrected chi connectivity index (χ0v) is 15.9. The van der Waals surface area contributed by atoms with Gasteiger partial charge < -0.3 is 5.11 Å². The largest absolute Gasteiger partial charge is 0.481 e. The number of sulfonamides is 1. The van der Waals surface area contributed by atoms with E-state index in [1.807, 2.05) is 0 Å². The van der Waals surface area contributed by atoms with Crippen LogP contribution in [0.5, 0.6) is 0 Å². The molecule has 0 unspecified atom stereocenters. The molecule has 25 heavy (non-hydrogen) atoms. The van der Waals surface area contributed by atoms with Gasteiger partial charge in [0.15, 0.2) is 0 Å². The minimum Gasteiger partial charge on any atom is -0.481 e. The minimum atomic E-state index is -3.84. The monoisotopic (exact) mass is 365 g/mol. The average molecular weight is 365 g/mol. The summed E-state index contributed by atoms with van der Waals surface area (Å²) in [6.07, 6.45) is 2.93. The molecule has 2 aromatic rings. The van der Waals surface area contributed by atoms with Crippen molar-refractivity contribution in [1.82, 2.24) is 9.78 Å². The van der Waals surface area contributed by atoms with Gasteiger partial charge in [-0.15, -0.1) is 0 Å². The van der Waals surface area contributed by atoms with E-state index >= 15 is 0 Å². The van der Waals surface area contributed by atoms with Crippen LogP contribution >= 0.6 is 0 Å². The second-order valence-corrected chi connectivity index (χ2v) is 7.85. The van der Waals surface area contributed by atoms with Crippen LogP contribution in [0.2, 0.25) is 0 Å². The van der Waals surface area contributed by atoms with Crippen LogP contribution in [-0.2, 0) is 28.3 Å². The third kappa shape index (κ3) is 3.53. The summed E-state index contributed by atoms with van der Waals surface area (Å²) < 4.78 is 29.4. The number of aryl methyl sites for hydroxylation is 3. The maximum absolute atomic E-state index is 13.3. The Bertz CT molecular complexity index is 916. The highest BCUT2D eigenvalue weighted by atomic mass is 32.2. The Kier molecular flexibility index (Phi) is 5.22. The van der Waals surface area contributed by atoms with Gasteiger partial charge in [0, 0.05) is 19.8 Å². The van der Waals surface area contributed by atoms with Crippen LogP contribution in [0.15, 0.2) is 23.4 Å². The lowest BCUT2D eigenvalue weighted by atomic mass is 9.97. The van der Waals surface area contributed by atoms with Gasteiger partial charge in [-0.1, -0.05) is 6.07 Å². The van der Waals surface area contributed by atoms with Crippen molar-refractivity contribution in [3.05, 3.63) is 40.7 Å². The lowest BCUT2D eigenvalue weighted by molar-refractivity contribution is -0.136. The molecular weight excluding hydrogens is 342 g/mol. The summed E-state index contributed by atoms with van der Waals surface area (Å²) in [7, 11) is -2.12. The number of hydrogen-bond acceptors (Lipinski definition) is 4. The molecule has 0 radical (unpaired) electrons. The molecule has 1 N–H and O–H groups in total. The van der Waals surface area contributed by atoms with Gasteiger partial charge in [0.05, 0.1) is 23.2 Å². The number of aliphatic carboxylic acids is 1. The Balaban J connectivity index is 2.68. The first-order valence-electron chi connectivity index (χ1n) is 7.92. The summed E-state index contributed by atoms with van der Waals surface area (Å²) in [5, 5.41) is 13.2. The van der Waals surface area contributed by atoms with Gasteiger partial charge in [0.1, 0.15) is 0 Å². The van der Waals surface area contributed by atoms with E-state index in [1.54, 1.807) is 47.0 Å². The molecule has 1 aromatic heterocycles. The van der Waals surface area contributed by atoms with E-state index in [1.165, 1.54) is 15.2 Å². The maximum atomic E-state index is 13.3. The van der Waals surface area contributed by atoms with E-state index in [2.05, 4.69) is 5.10 Å². The number of carbonyl (C=O) groups is 1. The molecular formula is C17H23N3O4S. The number of anilines is 1. The van der Waals surface area contributed by atoms with Gasteiger partial charge >= 0.3 is 5.97 Å². The van der Waals surface area contributed by atoms with E-state index in [9.17, 15) is 13.2 Å². The van der Waals surface area contributed by atoms with E-state index in [0.29, 0.717) is 22.4 Å². The number of carboxylic acid groups (broad SMARTS) is 1. The van der Waals surface area contributed by atoms with Crippen molar-refractivity contribution < 1.29 is 18.3 Å². The Morgan fingerprint density at radius 2 is 1.92 bits per heavy atom. The van der Waals surface area contributed by atoms with Crippen LogP contribution in [0.25, 0.3) is 0 Å². The van der Waals surface area contributed by atoms with E-state index in [4.69, 9.17) is 5.11 Å². The fourth-order valence-electron chi connectivity index (χ4n) is 3.16. The number of hydrogen-bond donors (Lipinski definition) is 1. The summed E-state index contributed by atoms with van der Waals surface area (Å²) in [5.74, 6) is -0.988. The summed E-state index contributed by atoms with van der Waals surface area (Å²) in [4.78, 5) is 11.3. The number of aromatic nitrogens is 2. The Labute approximate surface area is 147 Å². The van der Waals surface area contributed by atoms with Crippen molar-refractivity contribution in [2.24, 2.45) is 7.05 Å². The SMILES string of the molecule is CCN(c1cnn(C)c1)S(=O)(=O)c1c(C)cc(C)c(CC(=O)O)c1C. The lowest BCUT2D eigenvalue weighted by Gasteiger charge is -2.25. The third-order valence-corrected chi connectivity index (χ3v) is 6.40. The first kappa shape index (κ1) is 19.0. The number of rotatable bonds is 6. The van der Waals surface area contributed by atoms with Crippen LogP contribution in [0, 0.1) is 20.8 Å². The van der Waals surface area contributed by atoms with Crippen molar-refractivity contribution in [3.63, 3.8) is 0 Å². The molecule has 0 saturated heterocycles. The summed E-state index contributed by atoms with van der Waals surface area (Å²) in [5.41, 5.74) is 2.89. The second kappa shape index (κ2) is 6.87. The molecule has 0 fully saturated rings. The molecule has 0 aliphatic carbocycles. The zero-order chi connectivity index (χ0) is 18.9. The average Bonchev–Trinajstić information content (AvgIpc) is 2.89. The van der Waals surface area contributed by atoms with Crippen LogP contribution in [0.4, 0.5) is 5.69 Å². The number of carboxylic acids is 1. The molecule has 0 saturated carbocycles. The molecule has 2 rings (SSSR count). The fourth-order valence-corrected chi connectivity index (χ4v) is 5.07. The molecule has 0 amide bonds. The summed E-state index contributed by atoms with van der Waals surface area (Å²) in [6, 6.07) is 1.73. The fraction of sp³-hybridized carbons (Fsp3) is 0.412. The normalized spacial score (nSPS) is 11.6. The van der Waals surface area contributed by atoms with E-state index in [-0.39, 0.29) is 17.9 Å². The minimum absolute atomic E-state index is 0.167. The molecule has 0 aliphatic heterocycles. The Morgan fingerprint density at radius 1 is 1.28 bits per heavy atom. The van der Waals surface area contributed by atoms with Crippen molar-refractivity contribution >= 4 is 21.7 Å².